The van der Waals surface area contributed by atoms with Crippen LogP contribution in [0.15, 0.2) is 12.1 Å². The molecule has 1 fully saturated rings. The average molecular weight is 269 g/mol. The highest BCUT2D eigenvalue weighted by atomic mass is 35.5. The summed E-state index contributed by atoms with van der Waals surface area (Å²) in [7, 11) is 0. The predicted molar refractivity (Wildman–Crippen MR) is 69.9 cm³/mol. The molecular weight excluding hydrogens is 252 g/mol. The molecule has 1 N–H and O–H groups in total. The molecule has 98 valence electrons. The fraction of sp³-hybridized carbons (Fsp3) is 0.538. The van der Waals surface area contributed by atoms with Gasteiger partial charge in [-0.15, -0.1) is 0 Å². The Morgan fingerprint density at radius 1 is 1.50 bits per heavy atom. The van der Waals surface area contributed by atoms with Crippen molar-refractivity contribution in [2.75, 3.05) is 19.8 Å². The van der Waals surface area contributed by atoms with Crippen molar-refractivity contribution in [1.29, 1.82) is 0 Å². The minimum absolute atomic E-state index is 0.0890. The van der Waals surface area contributed by atoms with Crippen molar-refractivity contribution in [3.05, 3.63) is 28.5 Å². The van der Waals surface area contributed by atoms with E-state index in [9.17, 15) is 4.79 Å². The van der Waals surface area contributed by atoms with Crippen molar-refractivity contribution < 1.29 is 9.53 Å². The summed E-state index contributed by atoms with van der Waals surface area (Å²) in [5.41, 5.74) is 1.32. The maximum atomic E-state index is 12.0. The number of nitrogens with one attached hydrogen (secondary N) is 1. The molecule has 1 saturated heterocycles. The Labute approximate surface area is 112 Å². The van der Waals surface area contributed by atoms with E-state index in [1.54, 1.807) is 12.1 Å². The Balaban J connectivity index is 1.90. The van der Waals surface area contributed by atoms with Crippen LogP contribution in [0.3, 0.4) is 0 Å². The normalized spacial score (nSPS) is 16.6. The van der Waals surface area contributed by atoms with Gasteiger partial charge in [-0.25, -0.2) is 4.98 Å². The first-order valence-electron chi connectivity index (χ1n) is 6.15. The van der Waals surface area contributed by atoms with Crippen LogP contribution in [0.4, 0.5) is 0 Å². The topological polar surface area (TPSA) is 51.2 Å². The summed E-state index contributed by atoms with van der Waals surface area (Å²) < 4.78 is 5.28. The first-order valence-corrected chi connectivity index (χ1v) is 6.53. The van der Waals surface area contributed by atoms with E-state index >= 15 is 0 Å². The highest BCUT2D eigenvalue weighted by Gasteiger charge is 2.15. The van der Waals surface area contributed by atoms with E-state index in [1.165, 1.54) is 0 Å². The van der Waals surface area contributed by atoms with Crippen LogP contribution < -0.4 is 5.32 Å². The third-order valence-corrected chi connectivity index (χ3v) is 3.27. The van der Waals surface area contributed by atoms with Crippen LogP contribution in [0.1, 0.15) is 28.9 Å². The van der Waals surface area contributed by atoms with Crippen LogP contribution >= 0.6 is 11.6 Å². The Hall–Kier alpha value is -1.13. The summed E-state index contributed by atoms with van der Waals surface area (Å²) >= 11 is 5.84. The van der Waals surface area contributed by atoms with Crippen molar-refractivity contribution in [3.63, 3.8) is 0 Å². The Bertz CT molecular complexity index is 411. The van der Waals surface area contributed by atoms with Crippen LogP contribution in [0.2, 0.25) is 5.15 Å². The Morgan fingerprint density at radius 3 is 2.89 bits per heavy atom. The number of halogens is 1. The molecule has 1 amide bonds. The van der Waals surface area contributed by atoms with E-state index in [4.69, 9.17) is 16.3 Å². The minimum Gasteiger partial charge on any atom is -0.381 e. The number of carbonyl (C=O) groups is 1. The third kappa shape index (κ3) is 3.68. The van der Waals surface area contributed by atoms with Gasteiger partial charge in [0, 0.05) is 31.0 Å². The lowest BCUT2D eigenvalue weighted by molar-refractivity contribution is 0.0642. The summed E-state index contributed by atoms with van der Waals surface area (Å²) in [5, 5.41) is 3.30. The van der Waals surface area contributed by atoms with E-state index in [0.717, 1.165) is 31.7 Å². The van der Waals surface area contributed by atoms with Gasteiger partial charge in [0.1, 0.15) is 5.15 Å². The number of aryl methyl sites for hydroxylation is 1. The molecule has 0 aromatic carbocycles. The molecule has 0 unspecified atom stereocenters. The lowest BCUT2D eigenvalue weighted by Gasteiger charge is -2.22. The number of pyridine rings is 1. The number of ether oxygens (including phenoxy) is 1. The summed E-state index contributed by atoms with van der Waals surface area (Å²) in [6.45, 7) is 4.10. The van der Waals surface area contributed by atoms with E-state index < -0.39 is 0 Å². The van der Waals surface area contributed by atoms with Crippen molar-refractivity contribution in [2.45, 2.75) is 19.8 Å². The molecule has 5 heteroatoms. The summed E-state index contributed by atoms with van der Waals surface area (Å²) in [6, 6.07) is 3.33. The second kappa shape index (κ2) is 6.16. The van der Waals surface area contributed by atoms with Crippen LogP contribution in [-0.4, -0.2) is 30.6 Å². The predicted octanol–water partition coefficient (Wildman–Crippen LogP) is 2.20. The molecule has 4 nitrogen and oxygen atoms in total. The van der Waals surface area contributed by atoms with Gasteiger partial charge in [-0.1, -0.05) is 11.6 Å². The van der Waals surface area contributed by atoms with E-state index in [0.29, 0.717) is 23.2 Å². The first-order chi connectivity index (χ1) is 8.65. The fourth-order valence-corrected chi connectivity index (χ4v) is 2.30. The maximum Gasteiger partial charge on any atom is 0.251 e. The van der Waals surface area contributed by atoms with Gasteiger partial charge in [-0.3, -0.25) is 4.79 Å². The highest BCUT2D eigenvalue weighted by Crippen LogP contribution is 2.14. The number of hydrogen-bond donors (Lipinski definition) is 1. The maximum absolute atomic E-state index is 12.0. The molecule has 0 atom stereocenters. The number of rotatable bonds is 3. The number of nitrogens with zero attached hydrogens (tertiary/aromatic N) is 1. The monoisotopic (exact) mass is 268 g/mol. The number of aromatic nitrogens is 1. The first kappa shape index (κ1) is 13.3. The van der Waals surface area contributed by atoms with E-state index in [1.807, 2.05) is 6.92 Å². The zero-order valence-electron chi connectivity index (χ0n) is 10.4. The summed E-state index contributed by atoms with van der Waals surface area (Å²) in [5.74, 6) is 0.426. The molecule has 0 radical (unpaired) electrons. The second-order valence-corrected chi connectivity index (χ2v) is 4.97. The highest BCUT2D eigenvalue weighted by molar-refractivity contribution is 6.29. The summed E-state index contributed by atoms with van der Waals surface area (Å²) in [4.78, 5) is 16.0. The molecule has 0 spiro atoms. The number of hydrogen-bond acceptors (Lipinski definition) is 3. The Kier molecular flexibility index (Phi) is 4.55. The zero-order chi connectivity index (χ0) is 13.0. The second-order valence-electron chi connectivity index (χ2n) is 4.59. The van der Waals surface area contributed by atoms with Gasteiger partial charge < -0.3 is 10.1 Å². The van der Waals surface area contributed by atoms with Gasteiger partial charge in [0.15, 0.2) is 0 Å². The zero-order valence-corrected chi connectivity index (χ0v) is 11.2. The third-order valence-electron chi connectivity index (χ3n) is 3.08. The van der Waals surface area contributed by atoms with Crippen molar-refractivity contribution in [2.24, 2.45) is 5.92 Å². The molecule has 1 aromatic rings. The van der Waals surface area contributed by atoms with Gasteiger partial charge in [0.25, 0.3) is 5.91 Å². The van der Waals surface area contributed by atoms with Crippen LogP contribution in [-0.2, 0) is 4.74 Å². The molecule has 0 saturated carbocycles. The molecule has 1 aliphatic heterocycles. The largest absolute Gasteiger partial charge is 0.381 e. The van der Waals surface area contributed by atoms with Gasteiger partial charge in [0.05, 0.1) is 0 Å². The van der Waals surface area contributed by atoms with Crippen molar-refractivity contribution in [3.8, 4) is 0 Å². The molecule has 0 aliphatic carbocycles. The quantitative estimate of drug-likeness (QED) is 0.855. The lowest BCUT2D eigenvalue weighted by Crippen LogP contribution is -2.32. The molecule has 2 heterocycles. The van der Waals surface area contributed by atoms with E-state index in [-0.39, 0.29) is 5.91 Å². The SMILES string of the molecule is Cc1cc(C(=O)NCC2CCOCC2)cc(Cl)n1. The number of carbonyl (C=O) groups excluding carboxylic acids is 1. The fourth-order valence-electron chi connectivity index (χ4n) is 2.05. The standard InChI is InChI=1S/C13H17ClN2O2/c1-9-6-11(7-12(14)16-9)13(17)15-8-10-2-4-18-5-3-10/h6-7,10H,2-5,8H2,1H3,(H,15,17). The average Bonchev–Trinajstić information content (AvgIpc) is 2.36. The van der Waals surface area contributed by atoms with Crippen molar-refractivity contribution >= 4 is 17.5 Å². The number of amides is 1. The smallest absolute Gasteiger partial charge is 0.251 e. The van der Waals surface area contributed by atoms with Crippen LogP contribution in [0.5, 0.6) is 0 Å². The Morgan fingerprint density at radius 2 is 2.22 bits per heavy atom. The molecular formula is C13H17ClN2O2. The van der Waals surface area contributed by atoms with Crippen LogP contribution in [0.25, 0.3) is 0 Å². The minimum atomic E-state index is -0.0890. The lowest BCUT2D eigenvalue weighted by atomic mass is 10.0. The van der Waals surface area contributed by atoms with Crippen molar-refractivity contribution in [1.82, 2.24) is 10.3 Å². The molecule has 0 bridgehead atoms. The molecule has 18 heavy (non-hydrogen) atoms. The molecule has 1 aliphatic rings. The molecule has 1 aromatic heterocycles. The summed E-state index contributed by atoms with van der Waals surface area (Å²) in [6.07, 6.45) is 2.02. The van der Waals surface area contributed by atoms with Crippen LogP contribution in [0, 0.1) is 12.8 Å². The van der Waals surface area contributed by atoms with E-state index in [2.05, 4.69) is 10.3 Å². The van der Waals surface area contributed by atoms with Gasteiger partial charge in [-0.2, -0.15) is 0 Å². The van der Waals surface area contributed by atoms with Gasteiger partial charge in [-0.05, 0) is 37.8 Å². The molecule has 2 rings (SSSR count). The van der Waals surface area contributed by atoms with Gasteiger partial charge >= 0.3 is 0 Å². The van der Waals surface area contributed by atoms with Gasteiger partial charge in [0.2, 0.25) is 0 Å².